The Kier molecular flexibility index (Phi) is 5.24. The molecule has 1 amide bonds. The van der Waals surface area contributed by atoms with Gasteiger partial charge in [0, 0.05) is 13.1 Å². The lowest BCUT2D eigenvalue weighted by atomic mass is 10.4. The fraction of sp³-hybridized carbons (Fsp3) is 0.667. The number of rotatable bonds is 6. The summed E-state index contributed by atoms with van der Waals surface area (Å²) in [6, 6.07) is 0. The van der Waals surface area contributed by atoms with Crippen LogP contribution in [0, 0.1) is 0 Å². The number of nitrogens with two attached hydrogens (primary N) is 1. The van der Waals surface area contributed by atoms with Crippen molar-refractivity contribution in [2.75, 3.05) is 19.7 Å². The van der Waals surface area contributed by atoms with Gasteiger partial charge in [0.05, 0.1) is 18.5 Å². The zero-order valence-corrected chi connectivity index (χ0v) is 9.97. The Hall–Kier alpha value is -1.68. The molecule has 1 heterocycles. The Morgan fingerprint density at radius 2 is 2.21 bits per heavy atom. The zero-order valence-electron chi connectivity index (χ0n) is 9.97. The van der Waals surface area contributed by atoms with E-state index in [1.807, 2.05) is 0 Å². The smallest absolute Gasteiger partial charge is 0.395 e. The molecule has 10 heteroatoms. The number of hydrogen-bond acceptors (Lipinski definition) is 5. The molecule has 0 saturated carbocycles. The van der Waals surface area contributed by atoms with Gasteiger partial charge in [0.25, 0.3) is 0 Å². The molecule has 0 unspecified atom stereocenters. The monoisotopic (exact) mass is 281 g/mol. The SMILES string of the molecule is NCc1cn(CC(=O)N(CCO)CC(F)(F)F)nn1. The van der Waals surface area contributed by atoms with Gasteiger partial charge in [0.2, 0.25) is 5.91 Å². The van der Waals surface area contributed by atoms with Crippen LogP contribution in [-0.2, 0) is 17.9 Å². The number of aliphatic hydroxyl groups excluding tert-OH is 1. The molecule has 0 saturated heterocycles. The zero-order chi connectivity index (χ0) is 14.5. The van der Waals surface area contributed by atoms with E-state index in [4.69, 9.17) is 10.8 Å². The summed E-state index contributed by atoms with van der Waals surface area (Å²) in [4.78, 5) is 12.2. The molecule has 0 aliphatic rings. The van der Waals surface area contributed by atoms with Gasteiger partial charge >= 0.3 is 6.18 Å². The van der Waals surface area contributed by atoms with Crippen LogP contribution in [0.1, 0.15) is 5.69 Å². The van der Waals surface area contributed by atoms with E-state index in [1.165, 1.54) is 6.20 Å². The third-order valence-corrected chi connectivity index (χ3v) is 2.19. The topological polar surface area (TPSA) is 97.3 Å². The van der Waals surface area contributed by atoms with Crippen LogP contribution in [0.2, 0.25) is 0 Å². The summed E-state index contributed by atoms with van der Waals surface area (Å²) in [6.45, 7) is -2.62. The highest BCUT2D eigenvalue weighted by molar-refractivity contribution is 5.75. The molecule has 108 valence electrons. The van der Waals surface area contributed by atoms with E-state index >= 15 is 0 Å². The maximum Gasteiger partial charge on any atom is 0.406 e. The van der Waals surface area contributed by atoms with Crippen molar-refractivity contribution in [3.05, 3.63) is 11.9 Å². The van der Waals surface area contributed by atoms with Crippen molar-refractivity contribution < 1.29 is 23.1 Å². The van der Waals surface area contributed by atoms with E-state index in [1.54, 1.807) is 0 Å². The van der Waals surface area contributed by atoms with Crippen LogP contribution in [-0.4, -0.2) is 56.8 Å². The molecule has 0 atom stereocenters. The van der Waals surface area contributed by atoms with Gasteiger partial charge in [0.15, 0.2) is 0 Å². The molecule has 19 heavy (non-hydrogen) atoms. The molecule has 0 bridgehead atoms. The first-order valence-electron chi connectivity index (χ1n) is 5.40. The Bertz CT molecular complexity index is 420. The number of halogens is 3. The Balaban J connectivity index is 2.66. The van der Waals surface area contributed by atoms with Crippen LogP contribution >= 0.6 is 0 Å². The molecule has 0 spiro atoms. The van der Waals surface area contributed by atoms with Crippen molar-refractivity contribution in [2.24, 2.45) is 5.73 Å². The first kappa shape index (κ1) is 15.4. The van der Waals surface area contributed by atoms with E-state index in [-0.39, 0.29) is 13.1 Å². The highest BCUT2D eigenvalue weighted by Gasteiger charge is 2.32. The first-order chi connectivity index (χ1) is 8.85. The minimum atomic E-state index is -4.52. The molecule has 0 radical (unpaired) electrons. The predicted octanol–water partition coefficient (Wildman–Crippen LogP) is -0.880. The second kappa shape index (κ2) is 6.48. The number of aromatic nitrogens is 3. The Morgan fingerprint density at radius 3 is 2.68 bits per heavy atom. The molecule has 1 aromatic heterocycles. The third-order valence-electron chi connectivity index (χ3n) is 2.19. The summed E-state index contributed by atoms with van der Waals surface area (Å²) >= 11 is 0. The Morgan fingerprint density at radius 1 is 1.53 bits per heavy atom. The van der Waals surface area contributed by atoms with Crippen LogP contribution in [0.15, 0.2) is 6.20 Å². The van der Waals surface area contributed by atoms with Crippen LogP contribution in [0.4, 0.5) is 13.2 Å². The third kappa shape index (κ3) is 5.22. The van der Waals surface area contributed by atoms with Gasteiger partial charge in [-0.1, -0.05) is 5.21 Å². The van der Waals surface area contributed by atoms with Crippen LogP contribution in [0.5, 0.6) is 0 Å². The maximum atomic E-state index is 12.3. The largest absolute Gasteiger partial charge is 0.406 e. The number of nitrogens with zero attached hydrogens (tertiary/aromatic N) is 4. The van der Waals surface area contributed by atoms with E-state index < -0.39 is 31.8 Å². The number of aliphatic hydroxyl groups is 1. The van der Waals surface area contributed by atoms with Crippen LogP contribution < -0.4 is 5.73 Å². The minimum Gasteiger partial charge on any atom is -0.395 e. The quantitative estimate of drug-likeness (QED) is 0.705. The molecule has 7 nitrogen and oxygen atoms in total. The van der Waals surface area contributed by atoms with Gasteiger partial charge in [-0.3, -0.25) is 4.79 Å². The number of carbonyl (C=O) groups is 1. The lowest BCUT2D eigenvalue weighted by Gasteiger charge is -2.22. The van der Waals surface area contributed by atoms with E-state index in [9.17, 15) is 18.0 Å². The number of hydrogen-bond donors (Lipinski definition) is 2. The summed E-state index contributed by atoms with van der Waals surface area (Å²) in [5.74, 6) is -0.806. The average Bonchev–Trinajstić information content (AvgIpc) is 2.74. The first-order valence-corrected chi connectivity index (χ1v) is 5.40. The summed E-state index contributed by atoms with van der Waals surface area (Å²) < 4.78 is 37.9. The van der Waals surface area contributed by atoms with Gasteiger partial charge in [-0.25, -0.2) is 4.68 Å². The Labute approximate surface area is 106 Å². The second-order valence-electron chi connectivity index (χ2n) is 3.77. The highest BCUT2D eigenvalue weighted by atomic mass is 19.4. The van der Waals surface area contributed by atoms with Crippen molar-refractivity contribution in [2.45, 2.75) is 19.3 Å². The van der Waals surface area contributed by atoms with Gasteiger partial charge in [-0.15, -0.1) is 5.10 Å². The molecular formula is C9H14F3N5O2. The normalized spacial score (nSPS) is 11.6. The summed E-state index contributed by atoms with van der Waals surface area (Å²) in [7, 11) is 0. The summed E-state index contributed by atoms with van der Waals surface area (Å²) in [5.41, 5.74) is 5.72. The maximum absolute atomic E-state index is 12.3. The second-order valence-corrected chi connectivity index (χ2v) is 3.77. The number of amides is 1. The van der Waals surface area contributed by atoms with Crippen molar-refractivity contribution in [3.8, 4) is 0 Å². The molecule has 0 aliphatic heterocycles. The molecule has 1 rings (SSSR count). The summed E-state index contributed by atoms with van der Waals surface area (Å²) in [6.07, 6.45) is -3.14. The fourth-order valence-corrected chi connectivity index (χ4v) is 1.38. The molecule has 3 N–H and O–H groups in total. The minimum absolute atomic E-state index is 0.122. The number of carbonyl (C=O) groups excluding carboxylic acids is 1. The van der Waals surface area contributed by atoms with Gasteiger partial charge < -0.3 is 15.7 Å². The van der Waals surface area contributed by atoms with Crippen molar-refractivity contribution in [3.63, 3.8) is 0 Å². The van der Waals surface area contributed by atoms with Gasteiger partial charge in [-0.05, 0) is 0 Å². The van der Waals surface area contributed by atoms with E-state index in [0.717, 1.165) is 4.68 Å². The van der Waals surface area contributed by atoms with E-state index in [2.05, 4.69) is 10.3 Å². The molecular weight excluding hydrogens is 267 g/mol. The highest BCUT2D eigenvalue weighted by Crippen LogP contribution is 2.16. The fourth-order valence-electron chi connectivity index (χ4n) is 1.38. The average molecular weight is 281 g/mol. The summed E-state index contributed by atoms with van der Waals surface area (Å²) in [5, 5.41) is 15.9. The number of alkyl halides is 3. The lowest BCUT2D eigenvalue weighted by Crippen LogP contribution is -2.42. The lowest BCUT2D eigenvalue weighted by molar-refractivity contribution is -0.162. The van der Waals surface area contributed by atoms with Crippen LogP contribution in [0.25, 0.3) is 0 Å². The molecule has 0 aliphatic carbocycles. The van der Waals surface area contributed by atoms with Crippen LogP contribution in [0.3, 0.4) is 0 Å². The standard InChI is InChI=1S/C9H14F3N5O2/c10-9(11,12)6-16(1-2-18)8(19)5-17-4-7(3-13)14-15-17/h4,18H,1-3,5-6,13H2. The van der Waals surface area contributed by atoms with Crippen molar-refractivity contribution in [1.82, 2.24) is 19.9 Å². The van der Waals surface area contributed by atoms with Gasteiger partial charge in [-0.2, -0.15) is 13.2 Å². The van der Waals surface area contributed by atoms with Crippen molar-refractivity contribution in [1.29, 1.82) is 0 Å². The van der Waals surface area contributed by atoms with Crippen molar-refractivity contribution >= 4 is 5.91 Å². The molecule has 0 fully saturated rings. The molecule has 1 aromatic rings. The van der Waals surface area contributed by atoms with E-state index in [0.29, 0.717) is 10.6 Å². The molecule has 0 aromatic carbocycles. The van der Waals surface area contributed by atoms with Gasteiger partial charge in [0.1, 0.15) is 13.1 Å². The predicted molar refractivity (Wildman–Crippen MR) is 57.6 cm³/mol.